The third kappa shape index (κ3) is 2.84. The highest BCUT2D eigenvalue weighted by Crippen LogP contribution is 2.22. The van der Waals surface area contributed by atoms with Crippen LogP contribution in [0.2, 0.25) is 0 Å². The number of β-amino-alcohol motifs (C(OH)–C–C–N with tert-alkyl or cyclic N) is 1. The van der Waals surface area contributed by atoms with Crippen LogP contribution in [0.5, 0.6) is 5.75 Å². The number of phenols is 1. The fraction of sp³-hybridized carbons (Fsp3) is 0.462. The molecule has 17 heavy (non-hydrogen) atoms. The predicted octanol–water partition coefficient (Wildman–Crippen LogP) is 1.16. The maximum Gasteiger partial charge on any atom is 0.159 e. The van der Waals surface area contributed by atoms with Gasteiger partial charge < -0.3 is 10.2 Å². The summed E-state index contributed by atoms with van der Waals surface area (Å²) >= 11 is 0. The summed E-state index contributed by atoms with van der Waals surface area (Å²) in [5.74, 6) is 0.198. The Morgan fingerprint density at radius 3 is 2.88 bits per heavy atom. The minimum Gasteiger partial charge on any atom is -0.508 e. The van der Waals surface area contributed by atoms with E-state index in [0.717, 1.165) is 18.5 Å². The van der Waals surface area contributed by atoms with E-state index in [0.29, 0.717) is 18.7 Å². The monoisotopic (exact) mass is 235 g/mol. The summed E-state index contributed by atoms with van der Waals surface area (Å²) in [6.45, 7) is 3.54. The summed E-state index contributed by atoms with van der Waals surface area (Å²) < 4.78 is 0. The molecule has 1 aromatic carbocycles. The van der Waals surface area contributed by atoms with Gasteiger partial charge >= 0.3 is 0 Å². The number of Topliss-reactive ketones (excluding diaryl/α,β-unsaturated/α-hetero) is 1. The Hall–Kier alpha value is -1.39. The van der Waals surface area contributed by atoms with Gasteiger partial charge in [-0.1, -0.05) is 0 Å². The second kappa shape index (κ2) is 4.85. The highest BCUT2D eigenvalue weighted by molar-refractivity contribution is 5.94. The summed E-state index contributed by atoms with van der Waals surface area (Å²) in [4.78, 5) is 13.3. The number of ketones is 1. The molecular formula is C13H17NO3. The molecule has 1 fully saturated rings. The Labute approximate surface area is 100 Å². The molecule has 1 aliphatic heterocycles. The average Bonchev–Trinajstić information content (AvgIpc) is 2.67. The number of aliphatic hydroxyl groups excluding tert-OH is 1. The van der Waals surface area contributed by atoms with Crippen molar-refractivity contribution in [3.05, 3.63) is 29.3 Å². The Kier molecular flexibility index (Phi) is 3.45. The zero-order valence-corrected chi connectivity index (χ0v) is 9.89. The number of carbonyl (C=O) groups is 1. The van der Waals surface area contributed by atoms with Gasteiger partial charge in [0.05, 0.1) is 6.10 Å². The van der Waals surface area contributed by atoms with Crippen LogP contribution in [0.4, 0.5) is 0 Å². The van der Waals surface area contributed by atoms with E-state index in [1.165, 1.54) is 6.92 Å². The molecule has 1 aromatic rings. The van der Waals surface area contributed by atoms with Gasteiger partial charge in [-0.05, 0) is 31.5 Å². The Morgan fingerprint density at radius 2 is 2.29 bits per heavy atom. The summed E-state index contributed by atoms with van der Waals surface area (Å²) in [5, 5.41) is 19.2. The number of carbonyl (C=O) groups excluding carboxylic acids is 1. The summed E-state index contributed by atoms with van der Waals surface area (Å²) in [5.41, 5.74) is 1.35. The molecule has 0 spiro atoms. The van der Waals surface area contributed by atoms with Crippen molar-refractivity contribution in [3.8, 4) is 5.75 Å². The number of aromatic hydroxyl groups is 1. The maximum atomic E-state index is 11.3. The smallest absolute Gasteiger partial charge is 0.159 e. The predicted molar refractivity (Wildman–Crippen MR) is 64.0 cm³/mol. The third-order valence-corrected chi connectivity index (χ3v) is 3.13. The van der Waals surface area contributed by atoms with Crippen LogP contribution in [0.25, 0.3) is 0 Å². The van der Waals surface area contributed by atoms with Crippen LogP contribution < -0.4 is 0 Å². The lowest BCUT2D eigenvalue weighted by Crippen LogP contribution is -2.21. The molecule has 1 saturated heterocycles. The minimum atomic E-state index is -0.270. The van der Waals surface area contributed by atoms with Crippen molar-refractivity contribution < 1.29 is 15.0 Å². The molecule has 0 bridgehead atoms. The highest BCUT2D eigenvalue weighted by Gasteiger charge is 2.21. The molecule has 0 radical (unpaired) electrons. The van der Waals surface area contributed by atoms with Crippen molar-refractivity contribution in [2.24, 2.45) is 0 Å². The number of hydrogen-bond donors (Lipinski definition) is 2. The van der Waals surface area contributed by atoms with E-state index in [9.17, 15) is 15.0 Å². The van der Waals surface area contributed by atoms with Gasteiger partial charge in [-0.3, -0.25) is 9.69 Å². The zero-order chi connectivity index (χ0) is 12.4. The number of hydrogen-bond acceptors (Lipinski definition) is 4. The number of phenolic OH excluding ortho intramolecular Hbond substituents is 1. The molecule has 1 unspecified atom stereocenters. The number of rotatable bonds is 3. The normalized spacial score (nSPS) is 20.7. The van der Waals surface area contributed by atoms with Crippen molar-refractivity contribution in [1.82, 2.24) is 4.90 Å². The molecule has 4 nitrogen and oxygen atoms in total. The van der Waals surface area contributed by atoms with Crippen molar-refractivity contribution in [3.63, 3.8) is 0 Å². The zero-order valence-electron chi connectivity index (χ0n) is 9.89. The molecule has 0 aliphatic carbocycles. The molecule has 92 valence electrons. The first-order chi connectivity index (χ1) is 8.06. The van der Waals surface area contributed by atoms with E-state index in [1.807, 2.05) is 0 Å². The summed E-state index contributed by atoms with van der Waals surface area (Å²) in [7, 11) is 0. The second-order valence-corrected chi connectivity index (χ2v) is 4.58. The van der Waals surface area contributed by atoms with Crippen LogP contribution in [0.1, 0.15) is 29.3 Å². The van der Waals surface area contributed by atoms with Crippen molar-refractivity contribution >= 4 is 5.78 Å². The maximum absolute atomic E-state index is 11.3. The van der Waals surface area contributed by atoms with Gasteiger partial charge in [-0.15, -0.1) is 0 Å². The minimum absolute atomic E-state index is 0.00675. The van der Waals surface area contributed by atoms with E-state index in [-0.39, 0.29) is 17.6 Å². The standard InChI is InChI=1S/C13H17NO3/c1-9(15)10-2-3-13(17)11(6-10)7-14-5-4-12(16)8-14/h2-3,6,12,16-17H,4-5,7-8H2,1H3. The molecule has 0 aromatic heterocycles. The van der Waals surface area contributed by atoms with Crippen molar-refractivity contribution in [2.75, 3.05) is 13.1 Å². The quantitative estimate of drug-likeness (QED) is 0.772. The van der Waals surface area contributed by atoms with E-state index in [2.05, 4.69) is 4.90 Å². The number of nitrogens with zero attached hydrogens (tertiary/aromatic N) is 1. The van der Waals surface area contributed by atoms with Gasteiger partial charge in [0.25, 0.3) is 0 Å². The molecule has 2 N–H and O–H groups in total. The van der Waals surface area contributed by atoms with Crippen LogP contribution >= 0.6 is 0 Å². The Morgan fingerprint density at radius 1 is 1.53 bits per heavy atom. The van der Waals surface area contributed by atoms with Crippen LogP contribution in [0.15, 0.2) is 18.2 Å². The molecule has 2 rings (SSSR count). The Balaban J connectivity index is 2.14. The van der Waals surface area contributed by atoms with Crippen LogP contribution in [-0.2, 0) is 6.54 Å². The van der Waals surface area contributed by atoms with E-state index < -0.39 is 0 Å². The van der Waals surface area contributed by atoms with Crippen molar-refractivity contribution in [1.29, 1.82) is 0 Å². The third-order valence-electron chi connectivity index (χ3n) is 3.13. The number of aliphatic hydroxyl groups is 1. The number of likely N-dealkylation sites (tertiary alicyclic amines) is 1. The molecule has 4 heteroatoms. The van der Waals surface area contributed by atoms with E-state index in [1.54, 1.807) is 18.2 Å². The van der Waals surface area contributed by atoms with E-state index in [4.69, 9.17) is 0 Å². The molecular weight excluding hydrogens is 218 g/mol. The van der Waals surface area contributed by atoms with Crippen molar-refractivity contribution in [2.45, 2.75) is 26.0 Å². The van der Waals surface area contributed by atoms with Crippen LogP contribution in [0, 0.1) is 0 Å². The van der Waals surface area contributed by atoms with Gasteiger partial charge in [-0.25, -0.2) is 0 Å². The molecule has 1 aliphatic rings. The first kappa shape index (κ1) is 12.1. The lowest BCUT2D eigenvalue weighted by molar-refractivity contribution is 0.101. The lowest BCUT2D eigenvalue weighted by atomic mass is 10.1. The second-order valence-electron chi connectivity index (χ2n) is 4.58. The van der Waals surface area contributed by atoms with Crippen LogP contribution in [-0.4, -0.2) is 40.1 Å². The van der Waals surface area contributed by atoms with Gasteiger partial charge in [0.15, 0.2) is 5.78 Å². The van der Waals surface area contributed by atoms with Gasteiger partial charge in [0, 0.05) is 30.8 Å². The molecule has 1 atom stereocenters. The van der Waals surface area contributed by atoms with Gasteiger partial charge in [0.2, 0.25) is 0 Å². The highest BCUT2D eigenvalue weighted by atomic mass is 16.3. The molecule has 0 amide bonds. The topological polar surface area (TPSA) is 60.8 Å². The van der Waals surface area contributed by atoms with Crippen LogP contribution in [0.3, 0.4) is 0 Å². The van der Waals surface area contributed by atoms with E-state index >= 15 is 0 Å². The van der Waals surface area contributed by atoms with Gasteiger partial charge in [-0.2, -0.15) is 0 Å². The molecule has 1 heterocycles. The first-order valence-electron chi connectivity index (χ1n) is 5.79. The largest absolute Gasteiger partial charge is 0.508 e. The van der Waals surface area contributed by atoms with Gasteiger partial charge in [0.1, 0.15) is 5.75 Å². The SMILES string of the molecule is CC(=O)c1ccc(O)c(CN2CCC(O)C2)c1. The molecule has 0 saturated carbocycles. The lowest BCUT2D eigenvalue weighted by Gasteiger charge is -2.16. The fourth-order valence-corrected chi connectivity index (χ4v) is 2.13. The Bertz CT molecular complexity index is 431. The summed E-state index contributed by atoms with van der Waals surface area (Å²) in [6, 6.07) is 4.90. The summed E-state index contributed by atoms with van der Waals surface area (Å²) in [6.07, 6.45) is 0.501. The first-order valence-corrected chi connectivity index (χ1v) is 5.79. The average molecular weight is 235 g/mol. The fourth-order valence-electron chi connectivity index (χ4n) is 2.13. The number of benzene rings is 1.